The van der Waals surface area contributed by atoms with Crippen molar-refractivity contribution in [3.63, 3.8) is 0 Å². The Balaban J connectivity index is 1.75. The monoisotopic (exact) mass is 312 g/mol. The standard InChI is InChI=1S/C13H13FN2O4S/c14-8-3-1-2-4-9(8)15-11(17)7-21-13(19)16-10-5-6-20-12(10)18/h1-4,10H,5-7H2,(H,15,17)(H,16,19)/t10-/m0/s1. The van der Waals surface area contributed by atoms with E-state index >= 15 is 0 Å². The van der Waals surface area contributed by atoms with Gasteiger partial charge in [0.05, 0.1) is 18.0 Å². The van der Waals surface area contributed by atoms with Crippen molar-refractivity contribution in [3.8, 4) is 0 Å². The van der Waals surface area contributed by atoms with Crippen LogP contribution in [0.5, 0.6) is 0 Å². The molecule has 1 fully saturated rings. The second kappa shape index (κ2) is 7.07. The third-order valence-corrected chi connectivity index (χ3v) is 3.50. The van der Waals surface area contributed by atoms with E-state index in [1.165, 1.54) is 18.2 Å². The lowest BCUT2D eigenvalue weighted by atomic mass is 10.3. The number of rotatable bonds is 4. The number of amides is 2. The van der Waals surface area contributed by atoms with Crippen LogP contribution in [0.1, 0.15) is 6.42 Å². The van der Waals surface area contributed by atoms with Gasteiger partial charge in [0.15, 0.2) is 0 Å². The first-order valence-electron chi connectivity index (χ1n) is 6.20. The molecule has 2 amide bonds. The van der Waals surface area contributed by atoms with Crippen molar-refractivity contribution in [2.24, 2.45) is 0 Å². The number of halogens is 1. The molecule has 1 atom stereocenters. The van der Waals surface area contributed by atoms with Crippen LogP contribution in [0, 0.1) is 5.82 Å². The molecule has 0 aliphatic carbocycles. The molecule has 1 saturated heterocycles. The number of cyclic esters (lactones) is 1. The minimum absolute atomic E-state index is 0.0582. The average molecular weight is 312 g/mol. The van der Waals surface area contributed by atoms with Gasteiger partial charge in [0.25, 0.3) is 5.24 Å². The van der Waals surface area contributed by atoms with Gasteiger partial charge in [0.1, 0.15) is 11.9 Å². The first-order chi connectivity index (χ1) is 10.1. The molecule has 0 radical (unpaired) electrons. The van der Waals surface area contributed by atoms with E-state index < -0.39 is 29.0 Å². The summed E-state index contributed by atoms with van der Waals surface area (Å²) < 4.78 is 18.0. The van der Waals surface area contributed by atoms with Gasteiger partial charge in [0, 0.05) is 6.42 Å². The summed E-state index contributed by atoms with van der Waals surface area (Å²) in [5.41, 5.74) is 0.0582. The first-order valence-corrected chi connectivity index (χ1v) is 7.19. The van der Waals surface area contributed by atoms with Crippen LogP contribution in [0.3, 0.4) is 0 Å². The van der Waals surface area contributed by atoms with E-state index in [4.69, 9.17) is 4.74 Å². The molecule has 112 valence electrons. The number of para-hydroxylation sites is 1. The van der Waals surface area contributed by atoms with Gasteiger partial charge in [-0.25, -0.2) is 9.18 Å². The maximum atomic E-state index is 13.3. The molecule has 6 nitrogen and oxygen atoms in total. The van der Waals surface area contributed by atoms with E-state index in [0.717, 1.165) is 0 Å². The van der Waals surface area contributed by atoms with Gasteiger partial charge in [0.2, 0.25) is 5.91 Å². The molecular weight excluding hydrogens is 299 g/mol. The SMILES string of the molecule is O=C(CSC(=O)N[C@H]1CCOC1=O)Nc1ccccc1F. The van der Waals surface area contributed by atoms with E-state index in [9.17, 15) is 18.8 Å². The molecule has 0 aromatic heterocycles. The number of hydrogen-bond donors (Lipinski definition) is 2. The summed E-state index contributed by atoms with van der Waals surface area (Å²) in [4.78, 5) is 34.3. The van der Waals surface area contributed by atoms with Gasteiger partial charge < -0.3 is 15.4 Å². The minimum Gasteiger partial charge on any atom is -0.464 e. The topological polar surface area (TPSA) is 84.5 Å². The zero-order valence-electron chi connectivity index (χ0n) is 10.9. The van der Waals surface area contributed by atoms with Crippen molar-refractivity contribution in [1.29, 1.82) is 0 Å². The normalized spacial score (nSPS) is 17.2. The lowest BCUT2D eigenvalue weighted by molar-refractivity contribution is -0.139. The van der Waals surface area contributed by atoms with Crippen molar-refractivity contribution in [3.05, 3.63) is 30.1 Å². The maximum Gasteiger partial charge on any atom is 0.328 e. The van der Waals surface area contributed by atoms with Crippen LogP contribution in [0.4, 0.5) is 14.9 Å². The molecule has 1 aromatic carbocycles. The van der Waals surface area contributed by atoms with Crippen molar-refractivity contribution < 1.29 is 23.5 Å². The second-order valence-corrected chi connectivity index (χ2v) is 5.21. The summed E-state index contributed by atoms with van der Waals surface area (Å²) in [6.45, 7) is 0.280. The Bertz CT molecular complexity index is 567. The number of hydrogen-bond acceptors (Lipinski definition) is 5. The third kappa shape index (κ3) is 4.45. The van der Waals surface area contributed by atoms with Gasteiger partial charge in [-0.3, -0.25) is 9.59 Å². The lowest BCUT2D eigenvalue weighted by Gasteiger charge is -2.08. The predicted molar refractivity (Wildman–Crippen MR) is 75.4 cm³/mol. The second-order valence-electron chi connectivity index (χ2n) is 4.26. The van der Waals surface area contributed by atoms with Crippen LogP contribution in [-0.4, -0.2) is 35.5 Å². The summed E-state index contributed by atoms with van der Waals surface area (Å²) in [6, 6.07) is 5.09. The highest BCUT2D eigenvalue weighted by Crippen LogP contribution is 2.14. The molecule has 1 aliphatic rings. The van der Waals surface area contributed by atoms with E-state index in [2.05, 4.69) is 10.6 Å². The van der Waals surface area contributed by atoms with Crippen LogP contribution in [0.2, 0.25) is 0 Å². The zero-order chi connectivity index (χ0) is 15.2. The molecule has 0 bridgehead atoms. The number of ether oxygens (including phenoxy) is 1. The fourth-order valence-corrected chi connectivity index (χ4v) is 2.25. The van der Waals surface area contributed by atoms with Gasteiger partial charge in [-0.2, -0.15) is 0 Å². The highest BCUT2D eigenvalue weighted by molar-refractivity contribution is 8.14. The van der Waals surface area contributed by atoms with Crippen LogP contribution in [-0.2, 0) is 14.3 Å². The molecule has 1 aromatic rings. The van der Waals surface area contributed by atoms with E-state index in [1.54, 1.807) is 6.07 Å². The fraction of sp³-hybridized carbons (Fsp3) is 0.308. The summed E-state index contributed by atoms with van der Waals surface area (Å²) >= 11 is 0.706. The summed E-state index contributed by atoms with van der Waals surface area (Å²) in [5.74, 6) is -1.70. The van der Waals surface area contributed by atoms with Crippen molar-refractivity contribution in [2.75, 3.05) is 17.7 Å². The Hall–Kier alpha value is -2.09. The highest BCUT2D eigenvalue weighted by Gasteiger charge is 2.28. The molecule has 0 spiro atoms. The molecule has 1 aliphatic heterocycles. The molecule has 2 N–H and O–H groups in total. The highest BCUT2D eigenvalue weighted by atomic mass is 32.2. The summed E-state index contributed by atoms with van der Waals surface area (Å²) in [6.07, 6.45) is 0.423. The van der Waals surface area contributed by atoms with Crippen LogP contribution < -0.4 is 10.6 Å². The van der Waals surface area contributed by atoms with Gasteiger partial charge in [-0.15, -0.1) is 0 Å². The number of nitrogens with one attached hydrogen (secondary N) is 2. The molecule has 1 heterocycles. The molecule has 8 heteroatoms. The molecule has 0 unspecified atom stereocenters. The minimum atomic E-state index is -0.653. The number of anilines is 1. The largest absolute Gasteiger partial charge is 0.464 e. The summed E-state index contributed by atoms with van der Waals surface area (Å²) in [7, 11) is 0. The predicted octanol–water partition coefficient (Wildman–Crippen LogP) is 1.52. The molecule has 21 heavy (non-hydrogen) atoms. The third-order valence-electron chi connectivity index (χ3n) is 2.71. The van der Waals surface area contributed by atoms with Crippen molar-refractivity contribution in [2.45, 2.75) is 12.5 Å². The molecule has 2 rings (SSSR count). The Labute approximate surface area is 124 Å². The first kappa shape index (κ1) is 15.3. The summed E-state index contributed by atoms with van der Waals surface area (Å²) in [5, 5.41) is 4.32. The quantitative estimate of drug-likeness (QED) is 0.824. The van der Waals surface area contributed by atoms with Crippen LogP contribution in [0.25, 0.3) is 0 Å². The number of benzene rings is 1. The Morgan fingerprint density at radius 1 is 1.38 bits per heavy atom. The van der Waals surface area contributed by atoms with Crippen molar-refractivity contribution in [1.82, 2.24) is 5.32 Å². The number of thioether (sulfide) groups is 1. The lowest BCUT2D eigenvalue weighted by Crippen LogP contribution is -2.36. The Morgan fingerprint density at radius 2 is 2.14 bits per heavy atom. The van der Waals surface area contributed by atoms with Gasteiger partial charge >= 0.3 is 5.97 Å². The average Bonchev–Trinajstić information content (AvgIpc) is 2.85. The number of esters is 1. The Morgan fingerprint density at radius 3 is 2.81 bits per heavy atom. The van der Waals surface area contributed by atoms with Gasteiger partial charge in [-0.1, -0.05) is 23.9 Å². The van der Waals surface area contributed by atoms with Crippen molar-refractivity contribution >= 4 is 34.6 Å². The molecular formula is C13H13FN2O4S. The van der Waals surface area contributed by atoms with Crippen LogP contribution in [0.15, 0.2) is 24.3 Å². The van der Waals surface area contributed by atoms with Crippen LogP contribution >= 0.6 is 11.8 Å². The zero-order valence-corrected chi connectivity index (χ0v) is 11.7. The van der Waals surface area contributed by atoms with E-state index in [-0.39, 0.29) is 18.0 Å². The fourth-order valence-electron chi connectivity index (χ4n) is 1.69. The van der Waals surface area contributed by atoms with E-state index in [0.29, 0.717) is 18.2 Å². The Kier molecular flexibility index (Phi) is 5.15. The maximum absolute atomic E-state index is 13.3. The van der Waals surface area contributed by atoms with Gasteiger partial charge in [-0.05, 0) is 12.1 Å². The number of carbonyl (C=O) groups is 3. The smallest absolute Gasteiger partial charge is 0.328 e. The molecule has 0 saturated carbocycles. The van der Waals surface area contributed by atoms with E-state index in [1.807, 2.05) is 0 Å². The number of carbonyl (C=O) groups excluding carboxylic acids is 3.